The van der Waals surface area contributed by atoms with Crippen molar-refractivity contribution in [2.45, 2.75) is 31.2 Å². The zero-order valence-electron chi connectivity index (χ0n) is 15.6. The Bertz CT molecular complexity index is 813. The number of hydrogen-bond donors (Lipinski definition) is 1. The molecule has 1 aromatic rings. The molecule has 2 rings (SSSR count). The van der Waals surface area contributed by atoms with Crippen LogP contribution in [0, 0.1) is 5.82 Å². The van der Waals surface area contributed by atoms with Gasteiger partial charge >= 0.3 is 6.09 Å². The minimum atomic E-state index is -3.85. The molecule has 0 radical (unpaired) electrons. The summed E-state index contributed by atoms with van der Waals surface area (Å²) in [7, 11) is -2.57. The monoisotopic (exact) mass is 401 g/mol. The third-order valence-corrected chi connectivity index (χ3v) is 5.74. The van der Waals surface area contributed by atoms with E-state index < -0.39 is 27.8 Å². The fraction of sp³-hybridized carbons (Fsp3) is 0.529. The topological polar surface area (TPSA) is 96.0 Å². The first-order chi connectivity index (χ1) is 12.7. The predicted octanol–water partition coefficient (Wildman–Crippen LogP) is 1.43. The highest BCUT2D eigenvalue weighted by atomic mass is 32.2. The Kier molecular flexibility index (Phi) is 6.77. The first-order valence-electron chi connectivity index (χ1n) is 8.59. The number of methoxy groups -OCH3 is 1. The van der Waals surface area contributed by atoms with Crippen LogP contribution in [0.2, 0.25) is 0 Å². The maximum Gasteiger partial charge on any atom is 0.409 e. The van der Waals surface area contributed by atoms with Gasteiger partial charge in [0.05, 0.1) is 17.6 Å². The lowest BCUT2D eigenvalue weighted by Crippen LogP contribution is -2.37. The van der Waals surface area contributed by atoms with Crippen molar-refractivity contribution in [1.82, 2.24) is 14.5 Å². The lowest BCUT2D eigenvalue weighted by atomic mass is 10.2. The second-order valence-electron chi connectivity index (χ2n) is 6.52. The molecular formula is C17H24FN3O5S. The molecule has 0 aliphatic carbocycles. The second-order valence-corrected chi connectivity index (χ2v) is 8.23. The zero-order valence-corrected chi connectivity index (χ0v) is 16.4. The molecule has 8 nitrogen and oxygen atoms in total. The Balaban J connectivity index is 2.23. The SMILES string of the molecule is COC(=O)N1CCCN(C(=O)c2cc(S(=O)(=O)NC(C)C)ccc2F)CC1. The molecule has 10 heteroatoms. The maximum absolute atomic E-state index is 14.2. The summed E-state index contributed by atoms with van der Waals surface area (Å²) in [6, 6.07) is 2.80. The van der Waals surface area contributed by atoms with E-state index in [0.29, 0.717) is 19.5 Å². The van der Waals surface area contributed by atoms with E-state index in [9.17, 15) is 22.4 Å². The number of ether oxygens (including phenoxy) is 1. The van der Waals surface area contributed by atoms with Crippen molar-refractivity contribution < 1.29 is 27.1 Å². The Morgan fingerprint density at radius 1 is 1.15 bits per heavy atom. The van der Waals surface area contributed by atoms with E-state index in [-0.39, 0.29) is 29.6 Å². The number of halogens is 1. The van der Waals surface area contributed by atoms with Crippen molar-refractivity contribution in [3.05, 3.63) is 29.6 Å². The van der Waals surface area contributed by atoms with Gasteiger partial charge in [0.1, 0.15) is 5.82 Å². The van der Waals surface area contributed by atoms with Gasteiger partial charge in [-0.05, 0) is 38.5 Å². The highest BCUT2D eigenvalue weighted by Gasteiger charge is 2.26. The fourth-order valence-corrected chi connectivity index (χ4v) is 4.09. The standard InChI is InChI=1S/C17H24FN3O5S/c1-12(2)19-27(24,25)13-5-6-15(18)14(11-13)16(22)20-7-4-8-21(10-9-20)17(23)26-3/h5-6,11-12,19H,4,7-10H2,1-3H3. The van der Waals surface area contributed by atoms with Crippen LogP contribution in [0.3, 0.4) is 0 Å². The van der Waals surface area contributed by atoms with Gasteiger partial charge in [-0.3, -0.25) is 4.79 Å². The normalized spacial score (nSPS) is 15.6. The van der Waals surface area contributed by atoms with Gasteiger partial charge in [-0.2, -0.15) is 0 Å². The summed E-state index contributed by atoms with van der Waals surface area (Å²) < 4.78 is 45.9. The number of sulfonamides is 1. The molecule has 0 spiro atoms. The van der Waals surface area contributed by atoms with Crippen LogP contribution in [0.5, 0.6) is 0 Å². The number of benzene rings is 1. The van der Waals surface area contributed by atoms with Crippen molar-refractivity contribution in [3.8, 4) is 0 Å². The quantitative estimate of drug-likeness (QED) is 0.823. The van der Waals surface area contributed by atoms with Crippen LogP contribution < -0.4 is 4.72 Å². The number of hydrogen-bond acceptors (Lipinski definition) is 5. The third kappa shape index (κ3) is 5.16. The Morgan fingerprint density at radius 2 is 1.78 bits per heavy atom. The molecule has 0 bridgehead atoms. The van der Waals surface area contributed by atoms with E-state index in [2.05, 4.69) is 9.46 Å². The van der Waals surface area contributed by atoms with Gasteiger partial charge in [-0.1, -0.05) is 0 Å². The van der Waals surface area contributed by atoms with Crippen molar-refractivity contribution >= 4 is 22.0 Å². The van der Waals surface area contributed by atoms with Crippen molar-refractivity contribution in [2.75, 3.05) is 33.3 Å². The highest BCUT2D eigenvalue weighted by Crippen LogP contribution is 2.18. The van der Waals surface area contributed by atoms with Gasteiger partial charge in [-0.25, -0.2) is 22.3 Å². The molecule has 0 unspecified atom stereocenters. The van der Waals surface area contributed by atoms with Crippen molar-refractivity contribution in [1.29, 1.82) is 0 Å². The first kappa shape index (κ1) is 21.1. The number of carbonyl (C=O) groups is 2. The molecule has 150 valence electrons. The van der Waals surface area contributed by atoms with Crippen LogP contribution >= 0.6 is 0 Å². The van der Waals surface area contributed by atoms with E-state index in [0.717, 1.165) is 18.2 Å². The molecule has 27 heavy (non-hydrogen) atoms. The molecule has 1 aliphatic heterocycles. The van der Waals surface area contributed by atoms with Gasteiger partial charge in [0.2, 0.25) is 10.0 Å². The van der Waals surface area contributed by atoms with Crippen LogP contribution in [-0.4, -0.2) is 69.5 Å². The molecule has 1 heterocycles. The van der Waals surface area contributed by atoms with Gasteiger partial charge in [0, 0.05) is 32.2 Å². The number of rotatable bonds is 4. The summed E-state index contributed by atoms with van der Waals surface area (Å²) in [5.41, 5.74) is -0.312. The molecular weight excluding hydrogens is 377 g/mol. The van der Waals surface area contributed by atoms with E-state index in [4.69, 9.17) is 0 Å². The van der Waals surface area contributed by atoms with Crippen LogP contribution in [-0.2, 0) is 14.8 Å². The Hall–Kier alpha value is -2.20. The second kappa shape index (κ2) is 8.66. The lowest BCUT2D eigenvalue weighted by molar-refractivity contribution is 0.0752. The average Bonchev–Trinajstić information content (AvgIpc) is 2.85. The van der Waals surface area contributed by atoms with Gasteiger partial charge in [0.25, 0.3) is 5.91 Å². The molecule has 1 fully saturated rings. The van der Waals surface area contributed by atoms with E-state index >= 15 is 0 Å². The maximum atomic E-state index is 14.2. The van der Waals surface area contributed by atoms with Gasteiger partial charge in [0.15, 0.2) is 0 Å². The first-order valence-corrected chi connectivity index (χ1v) is 10.1. The number of amides is 2. The van der Waals surface area contributed by atoms with E-state index in [1.165, 1.54) is 16.9 Å². The zero-order chi connectivity index (χ0) is 20.2. The minimum absolute atomic E-state index is 0.174. The Labute approximate surface area is 158 Å². The summed E-state index contributed by atoms with van der Waals surface area (Å²) in [5, 5.41) is 0. The molecule has 1 aromatic carbocycles. The van der Waals surface area contributed by atoms with Crippen LogP contribution in [0.15, 0.2) is 23.1 Å². The van der Waals surface area contributed by atoms with Crippen molar-refractivity contribution in [2.24, 2.45) is 0 Å². The minimum Gasteiger partial charge on any atom is -0.453 e. The van der Waals surface area contributed by atoms with Gasteiger partial charge < -0.3 is 14.5 Å². The number of nitrogens with zero attached hydrogens (tertiary/aromatic N) is 2. The summed E-state index contributed by atoms with van der Waals surface area (Å²) in [6.07, 6.45) is 0.0263. The summed E-state index contributed by atoms with van der Waals surface area (Å²) in [4.78, 5) is 27.1. The van der Waals surface area contributed by atoms with Crippen LogP contribution in [0.25, 0.3) is 0 Å². The van der Waals surface area contributed by atoms with E-state index in [1.807, 2.05) is 0 Å². The van der Waals surface area contributed by atoms with Crippen LogP contribution in [0.4, 0.5) is 9.18 Å². The predicted molar refractivity (Wildman–Crippen MR) is 96.4 cm³/mol. The lowest BCUT2D eigenvalue weighted by Gasteiger charge is -2.22. The smallest absolute Gasteiger partial charge is 0.409 e. The van der Waals surface area contributed by atoms with E-state index in [1.54, 1.807) is 13.8 Å². The van der Waals surface area contributed by atoms with Crippen LogP contribution in [0.1, 0.15) is 30.6 Å². The summed E-state index contributed by atoms with van der Waals surface area (Å²) in [5.74, 6) is -1.40. The third-order valence-electron chi connectivity index (χ3n) is 4.09. The average molecular weight is 401 g/mol. The van der Waals surface area contributed by atoms with Gasteiger partial charge in [-0.15, -0.1) is 0 Å². The number of carbonyl (C=O) groups excluding carboxylic acids is 2. The Morgan fingerprint density at radius 3 is 2.41 bits per heavy atom. The molecule has 1 saturated heterocycles. The summed E-state index contributed by atoms with van der Waals surface area (Å²) in [6.45, 7) is 4.54. The fourth-order valence-electron chi connectivity index (χ4n) is 2.82. The molecule has 2 amide bonds. The molecule has 0 aromatic heterocycles. The molecule has 1 aliphatic rings. The summed E-state index contributed by atoms with van der Waals surface area (Å²) >= 11 is 0. The molecule has 0 saturated carbocycles. The molecule has 1 N–H and O–H groups in total. The van der Waals surface area contributed by atoms with Crippen molar-refractivity contribution in [3.63, 3.8) is 0 Å². The largest absolute Gasteiger partial charge is 0.453 e. The highest BCUT2D eigenvalue weighted by molar-refractivity contribution is 7.89. The molecule has 0 atom stereocenters. The number of nitrogens with one attached hydrogen (secondary N) is 1.